The summed E-state index contributed by atoms with van der Waals surface area (Å²) in [6.07, 6.45) is 4.63. The van der Waals surface area contributed by atoms with E-state index >= 15 is 0 Å². The van der Waals surface area contributed by atoms with Crippen LogP contribution < -0.4 is 16.4 Å². The number of halogens is 2. The maximum absolute atomic E-state index is 11.8. The molecule has 1 fully saturated rings. The molecule has 1 saturated carbocycles. The maximum Gasteiger partial charge on any atom is 0.260 e. The number of rotatable bonds is 4. The van der Waals surface area contributed by atoms with E-state index in [0.717, 1.165) is 18.4 Å². The molecule has 0 spiro atoms. The zero-order chi connectivity index (χ0) is 20.0. The number of amides is 1. The summed E-state index contributed by atoms with van der Waals surface area (Å²) in [6.45, 7) is 0. The first-order valence-electron chi connectivity index (χ1n) is 8.95. The van der Waals surface area contributed by atoms with E-state index in [1.165, 1.54) is 24.2 Å². The molecule has 1 aliphatic carbocycles. The molecule has 0 unspecified atom stereocenters. The maximum atomic E-state index is 11.8. The predicted molar refractivity (Wildman–Crippen MR) is 116 cm³/mol. The fourth-order valence-corrected chi connectivity index (χ4v) is 4.90. The summed E-state index contributed by atoms with van der Waals surface area (Å²) < 4.78 is 0. The van der Waals surface area contributed by atoms with Crippen LogP contribution in [0.5, 0.6) is 0 Å². The molecule has 9 heteroatoms. The summed E-state index contributed by atoms with van der Waals surface area (Å²) in [7, 11) is 2.00. The lowest BCUT2D eigenvalue weighted by molar-refractivity contribution is 0.100. The SMILES string of the molecule is CN(c1nc(-c2ccc(Cl)c(Cl)c2)c2c(N)c(C(N)=O)sc2n1)C1CCCC1. The molecule has 0 radical (unpaired) electrons. The summed E-state index contributed by atoms with van der Waals surface area (Å²) >= 11 is 13.5. The summed E-state index contributed by atoms with van der Waals surface area (Å²) in [5.41, 5.74) is 13.4. The third-order valence-electron chi connectivity index (χ3n) is 5.18. The average Bonchev–Trinajstić information content (AvgIpc) is 3.31. The molecule has 1 aromatic carbocycles. The monoisotopic (exact) mass is 435 g/mol. The largest absolute Gasteiger partial charge is 0.397 e. The van der Waals surface area contributed by atoms with Gasteiger partial charge in [-0.05, 0) is 25.0 Å². The molecule has 146 valence electrons. The highest BCUT2D eigenvalue weighted by Crippen LogP contribution is 2.41. The van der Waals surface area contributed by atoms with Crippen molar-refractivity contribution in [2.75, 3.05) is 17.7 Å². The highest BCUT2D eigenvalue weighted by Gasteiger charge is 2.25. The number of carbonyl (C=O) groups excluding carboxylic acids is 1. The minimum Gasteiger partial charge on any atom is -0.397 e. The van der Waals surface area contributed by atoms with Crippen LogP contribution in [0.25, 0.3) is 21.5 Å². The van der Waals surface area contributed by atoms with Gasteiger partial charge in [0.25, 0.3) is 5.91 Å². The fourth-order valence-electron chi connectivity index (χ4n) is 3.66. The Hall–Kier alpha value is -2.09. The van der Waals surface area contributed by atoms with Crippen LogP contribution >= 0.6 is 34.5 Å². The third kappa shape index (κ3) is 3.27. The van der Waals surface area contributed by atoms with E-state index in [4.69, 9.17) is 44.6 Å². The van der Waals surface area contributed by atoms with E-state index in [9.17, 15) is 4.79 Å². The minimum atomic E-state index is -0.578. The Morgan fingerprint density at radius 1 is 1.21 bits per heavy atom. The van der Waals surface area contributed by atoms with Gasteiger partial charge in [0.15, 0.2) is 0 Å². The lowest BCUT2D eigenvalue weighted by Crippen LogP contribution is -2.30. The Morgan fingerprint density at radius 2 is 1.93 bits per heavy atom. The quantitative estimate of drug-likeness (QED) is 0.617. The fraction of sp³-hybridized carbons (Fsp3) is 0.316. The number of fused-ring (bicyclic) bond motifs is 1. The molecule has 6 nitrogen and oxygen atoms in total. The molecular formula is C19H19Cl2N5OS. The van der Waals surface area contributed by atoms with Gasteiger partial charge in [-0.2, -0.15) is 0 Å². The molecule has 1 aliphatic rings. The van der Waals surface area contributed by atoms with Crippen molar-refractivity contribution in [3.05, 3.63) is 33.1 Å². The zero-order valence-corrected chi connectivity index (χ0v) is 17.5. The van der Waals surface area contributed by atoms with Crippen molar-refractivity contribution in [1.29, 1.82) is 0 Å². The van der Waals surface area contributed by atoms with E-state index in [1.807, 2.05) is 13.1 Å². The number of carbonyl (C=O) groups is 1. The molecule has 2 aromatic heterocycles. The number of primary amides is 1. The van der Waals surface area contributed by atoms with Crippen molar-refractivity contribution in [1.82, 2.24) is 9.97 Å². The second-order valence-corrected chi connectivity index (χ2v) is 8.75. The van der Waals surface area contributed by atoms with Crippen LogP contribution in [0.3, 0.4) is 0 Å². The van der Waals surface area contributed by atoms with Gasteiger partial charge in [0, 0.05) is 18.7 Å². The topological polar surface area (TPSA) is 98.1 Å². The van der Waals surface area contributed by atoms with E-state index in [2.05, 4.69) is 4.90 Å². The number of hydrogen-bond donors (Lipinski definition) is 2. The van der Waals surface area contributed by atoms with E-state index in [1.54, 1.807) is 12.1 Å². The third-order valence-corrected chi connectivity index (χ3v) is 7.03. The first kappa shape index (κ1) is 19.2. The van der Waals surface area contributed by atoms with Gasteiger partial charge in [-0.15, -0.1) is 11.3 Å². The van der Waals surface area contributed by atoms with E-state index < -0.39 is 5.91 Å². The van der Waals surface area contributed by atoms with Crippen molar-refractivity contribution in [3.63, 3.8) is 0 Å². The highest BCUT2D eigenvalue weighted by molar-refractivity contribution is 7.21. The van der Waals surface area contributed by atoms with Crippen LogP contribution in [0.2, 0.25) is 10.0 Å². The van der Waals surface area contributed by atoms with Gasteiger partial charge in [0.2, 0.25) is 5.95 Å². The Labute approximate surface area is 176 Å². The number of nitrogens with zero attached hydrogens (tertiary/aromatic N) is 3. The van der Waals surface area contributed by atoms with Gasteiger partial charge in [-0.25, -0.2) is 9.97 Å². The van der Waals surface area contributed by atoms with Crippen LogP contribution in [0, 0.1) is 0 Å². The molecular weight excluding hydrogens is 417 g/mol. The van der Waals surface area contributed by atoms with Crippen LogP contribution in [0.4, 0.5) is 11.6 Å². The normalized spacial score (nSPS) is 14.7. The van der Waals surface area contributed by atoms with Gasteiger partial charge in [-0.1, -0.05) is 42.1 Å². The van der Waals surface area contributed by atoms with E-state index in [0.29, 0.717) is 43.6 Å². The van der Waals surface area contributed by atoms with Crippen molar-refractivity contribution in [2.24, 2.45) is 5.73 Å². The van der Waals surface area contributed by atoms with Crippen molar-refractivity contribution in [2.45, 2.75) is 31.7 Å². The lowest BCUT2D eigenvalue weighted by Gasteiger charge is -2.24. The van der Waals surface area contributed by atoms with Crippen molar-refractivity contribution < 1.29 is 4.79 Å². The van der Waals surface area contributed by atoms with Crippen LogP contribution in [0.15, 0.2) is 18.2 Å². The molecule has 4 rings (SSSR count). The number of benzene rings is 1. The zero-order valence-electron chi connectivity index (χ0n) is 15.2. The van der Waals surface area contributed by atoms with Crippen LogP contribution in [-0.2, 0) is 0 Å². The average molecular weight is 436 g/mol. The molecule has 0 bridgehead atoms. The van der Waals surface area contributed by atoms with Gasteiger partial charge >= 0.3 is 0 Å². The van der Waals surface area contributed by atoms with Crippen molar-refractivity contribution in [3.8, 4) is 11.3 Å². The van der Waals surface area contributed by atoms with Gasteiger partial charge in [0.05, 0.1) is 26.8 Å². The Bertz CT molecular complexity index is 1080. The molecule has 4 N–H and O–H groups in total. The Kier molecular flexibility index (Phi) is 5.07. The van der Waals surface area contributed by atoms with Crippen LogP contribution in [0.1, 0.15) is 35.4 Å². The molecule has 28 heavy (non-hydrogen) atoms. The smallest absolute Gasteiger partial charge is 0.260 e. The molecule has 0 aliphatic heterocycles. The number of aromatic nitrogens is 2. The number of nitrogen functional groups attached to an aromatic ring is 1. The standard InChI is InChI=1S/C19H19Cl2N5OS/c1-26(10-4-2-3-5-10)19-24-15(9-6-7-11(20)12(21)8-9)13-14(22)16(17(23)27)28-18(13)25-19/h6-8,10H,2-5,22H2,1H3,(H2,23,27). The first-order chi connectivity index (χ1) is 13.4. The molecule has 2 heterocycles. The first-order valence-corrected chi connectivity index (χ1v) is 10.5. The lowest BCUT2D eigenvalue weighted by atomic mass is 10.1. The summed E-state index contributed by atoms with van der Waals surface area (Å²) in [6, 6.07) is 5.68. The van der Waals surface area contributed by atoms with E-state index in [-0.39, 0.29) is 4.88 Å². The predicted octanol–water partition coefficient (Wildman–Crippen LogP) is 4.73. The second-order valence-electron chi connectivity index (χ2n) is 6.94. The summed E-state index contributed by atoms with van der Waals surface area (Å²) in [5.74, 6) is 0.0176. The summed E-state index contributed by atoms with van der Waals surface area (Å²) in [5, 5.41) is 1.48. The van der Waals surface area contributed by atoms with Gasteiger partial charge in [0.1, 0.15) is 9.71 Å². The molecule has 3 aromatic rings. The van der Waals surface area contributed by atoms with Crippen molar-refractivity contribution >= 4 is 62.3 Å². The number of thiophene rings is 1. The second kappa shape index (κ2) is 7.39. The number of hydrogen-bond acceptors (Lipinski definition) is 6. The summed E-state index contributed by atoms with van der Waals surface area (Å²) in [4.78, 5) is 24.3. The highest BCUT2D eigenvalue weighted by atomic mass is 35.5. The van der Waals surface area contributed by atoms with Gasteiger partial charge in [-0.3, -0.25) is 4.79 Å². The Morgan fingerprint density at radius 3 is 2.57 bits per heavy atom. The molecule has 0 atom stereocenters. The molecule has 1 amide bonds. The minimum absolute atomic E-state index is 0.284. The number of nitrogens with two attached hydrogens (primary N) is 2. The Balaban J connectivity index is 1.95. The number of anilines is 2. The molecule has 0 saturated heterocycles. The van der Waals surface area contributed by atoms with Gasteiger partial charge < -0.3 is 16.4 Å². The van der Waals surface area contributed by atoms with Crippen LogP contribution in [-0.4, -0.2) is 29.0 Å².